The van der Waals surface area contributed by atoms with Gasteiger partial charge in [-0.25, -0.2) is 0 Å². The maximum absolute atomic E-state index is 8.82. The molecule has 0 aromatic heterocycles. The number of nitrogens with zero attached hydrogens (tertiary/aromatic N) is 1. The summed E-state index contributed by atoms with van der Waals surface area (Å²) in [6.45, 7) is 7.50. The van der Waals surface area contributed by atoms with E-state index in [-0.39, 0.29) is 6.61 Å². The van der Waals surface area contributed by atoms with Crippen LogP contribution in [0, 0.1) is 5.92 Å². The summed E-state index contributed by atoms with van der Waals surface area (Å²) < 4.78 is 0. The van der Waals surface area contributed by atoms with Crippen LogP contribution >= 0.6 is 12.6 Å². The fraction of sp³-hybridized carbons (Fsp3) is 1.00. The van der Waals surface area contributed by atoms with Gasteiger partial charge in [0.1, 0.15) is 0 Å². The number of aliphatic hydroxyl groups is 1. The van der Waals surface area contributed by atoms with Crippen molar-refractivity contribution in [1.82, 2.24) is 4.90 Å². The third-order valence-corrected chi connectivity index (χ3v) is 2.85. The van der Waals surface area contributed by atoms with Gasteiger partial charge in [-0.05, 0) is 24.6 Å². The Labute approximate surface area is 87.7 Å². The molecule has 0 bridgehead atoms. The fourth-order valence-corrected chi connectivity index (χ4v) is 1.83. The molecule has 0 spiro atoms. The maximum Gasteiger partial charge on any atom is 0.0558 e. The van der Waals surface area contributed by atoms with Crippen LogP contribution < -0.4 is 0 Å². The minimum absolute atomic E-state index is 0.263. The minimum Gasteiger partial charge on any atom is -0.395 e. The van der Waals surface area contributed by atoms with Gasteiger partial charge in [0.05, 0.1) is 6.61 Å². The van der Waals surface area contributed by atoms with Gasteiger partial charge in [-0.15, -0.1) is 0 Å². The van der Waals surface area contributed by atoms with Crippen LogP contribution in [0.1, 0.15) is 26.7 Å². The quantitative estimate of drug-likeness (QED) is 0.589. The second-order valence-corrected chi connectivity index (χ2v) is 3.82. The largest absolute Gasteiger partial charge is 0.395 e. The Morgan fingerprint density at radius 3 is 2.46 bits per heavy atom. The second-order valence-electron chi connectivity index (χ2n) is 3.45. The smallest absolute Gasteiger partial charge is 0.0558 e. The third kappa shape index (κ3) is 6.36. The molecule has 0 fully saturated rings. The van der Waals surface area contributed by atoms with E-state index in [4.69, 9.17) is 5.11 Å². The van der Waals surface area contributed by atoms with E-state index in [0.717, 1.165) is 25.4 Å². The summed E-state index contributed by atoms with van der Waals surface area (Å²) in [7, 11) is 0. The average Bonchev–Trinajstić information content (AvgIpc) is 2.16. The highest BCUT2D eigenvalue weighted by atomic mass is 32.1. The summed E-state index contributed by atoms with van der Waals surface area (Å²) in [4.78, 5) is 2.29. The van der Waals surface area contributed by atoms with Crippen LogP contribution in [-0.4, -0.2) is 42.0 Å². The second kappa shape index (κ2) is 8.85. The summed E-state index contributed by atoms with van der Waals surface area (Å²) in [5.41, 5.74) is 0. The number of likely N-dealkylation sites (N-methyl/N-ethyl adjacent to an activating group) is 1. The predicted molar refractivity (Wildman–Crippen MR) is 61.5 cm³/mol. The molecule has 0 saturated heterocycles. The SMILES string of the molecule is CCCC(CS)CN(CC)CCO. The van der Waals surface area contributed by atoms with Crippen molar-refractivity contribution in [1.29, 1.82) is 0 Å². The number of aliphatic hydroxyl groups excluding tert-OH is 1. The molecule has 0 aliphatic rings. The molecular formula is C10H23NOS. The molecule has 0 aromatic carbocycles. The van der Waals surface area contributed by atoms with Crippen LogP contribution in [0.2, 0.25) is 0 Å². The molecule has 1 N–H and O–H groups in total. The highest BCUT2D eigenvalue weighted by molar-refractivity contribution is 7.80. The molecule has 0 rings (SSSR count). The van der Waals surface area contributed by atoms with Crippen molar-refractivity contribution in [2.45, 2.75) is 26.7 Å². The van der Waals surface area contributed by atoms with E-state index in [1.807, 2.05) is 0 Å². The van der Waals surface area contributed by atoms with E-state index >= 15 is 0 Å². The van der Waals surface area contributed by atoms with Crippen LogP contribution in [0.4, 0.5) is 0 Å². The molecule has 0 aliphatic heterocycles. The molecule has 2 nitrogen and oxygen atoms in total. The molecule has 3 heteroatoms. The zero-order valence-corrected chi connectivity index (χ0v) is 9.76. The lowest BCUT2D eigenvalue weighted by atomic mass is 10.1. The molecule has 0 aliphatic carbocycles. The van der Waals surface area contributed by atoms with Gasteiger partial charge in [0.15, 0.2) is 0 Å². The molecule has 1 unspecified atom stereocenters. The van der Waals surface area contributed by atoms with E-state index in [0.29, 0.717) is 5.92 Å². The summed E-state index contributed by atoms with van der Waals surface area (Å²) >= 11 is 4.34. The topological polar surface area (TPSA) is 23.5 Å². The van der Waals surface area contributed by atoms with E-state index in [9.17, 15) is 0 Å². The molecule has 0 radical (unpaired) electrons. The molecule has 80 valence electrons. The van der Waals surface area contributed by atoms with E-state index in [2.05, 4.69) is 31.4 Å². The first-order valence-electron chi connectivity index (χ1n) is 5.22. The highest BCUT2D eigenvalue weighted by Gasteiger charge is 2.10. The Hall–Kier alpha value is 0.270. The molecular weight excluding hydrogens is 182 g/mol. The van der Waals surface area contributed by atoms with Crippen LogP contribution in [0.15, 0.2) is 0 Å². The number of hydrogen-bond donors (Lipinski definition) is 2. The number of hydrogen-bond acceptors (Lipinski definition) is 3. The van der Waals surface area contributed by atoms with Gasteiger partial charge in [0, 0.05) is 13.1 Å². The van der Waals surface area contributed by atoms with Gasteiger partial charge in [0.25, 0.3) is 0 Å². The Kier molecular flexibility index (Phi) is 9.03. The highest BCUT2D eigenvalue weighted by Crippen LogP contribution is 2.10. The zero-order chi connectivity index (χ0) is 10.1. The Bertz CT molecular complexity index is 99.1. The summed E-state index contributed by atoms with van der Waals surface area (Å²) in [6.07, 6.45) is 2.47. The summed E-state index contributed by atoms with van der Waals surface area (Å²) in [5, 5.41) is 8.82. The Morgan fingerprint density at radius 2 is 2.08 bits per heavy atom. The van der Waals surface area contributed by atoms with Crippen molar-refractivity contribution in [3.05, 3.63) is 0 Å². The summed E-state index contributed by atoms with van der Waals surface area (Å²) in [5.74, 6) is 1.63. The lowest BCUT2D eigenvalue weighted by molar-refractivity contribution is 0.183. The molecule has 1 atom stereocenters. The van der Waals surface area contributed by atoms with Gasteiger partial charge in [-0.1, -0.05) is 20.3 Å². The predicted octanol–water partition coefficient (Wildman–Crippen LogP) is 1.65. The van der Waals surface area contributed by atoms with E-state index in [1.165, 1.54) is 12.8 Å². The van der Waals surface area contributed by atoms with Gasteiger partial charge in [-0.3, -0.25) is 0 Å². The number of thiol groups is 1. The maximum atomic E-state index is 8.82. The van der Waals surface area contributed by atoms with E-state index < -0.39 is 0 Å². The average molecular weight is 205 g/mol. The van der Waals surface area contributed by atoms with Crippen molar-refractivity contribution in [2.75, 3.05) is 32.0 Å². The van der Waals surface area contributed by atoms with Crippen LogP contribution in [0.3, 0.4) is 0 Å². The first-order valence-corrected chi connectivity index (χ1v) is 5.85. The van der Waals surface area contributed by atoms with Crippen molar-refractivity contribution in [3.8, 4) is 0 Å². The lowest BCUT2D eigenvalue weighted by Crippen LogP contribution is -2.32. The minimum atomic E-state index is 0.263. The fourth-order valence-electron chi connectivity index (χ4n) is 1.53. The van der Waals surface area contributed by atoms with Crippen molar-refractivity contribution >= 4 is 12.6 Å². The van der Waals surface area contributed by atoms with Crippen LogP contribution in [0.25, 0.3) is 0 Å². The van der Waals surface area contributed by atoms with E-state index in [1.54, 1.807) is 0 Å². The molecule has 0 aromatic rings. The Balaban J connectivity index is 3.73. The monoisotopic (exact) mass is 205 g/mol. The van der Waals surface area contributed by atoms with Gasteiger partial charge in [0.2, 0.25) is 0 Å². The van der Waals surface area contributed by atoms with Crippen molar-refractivity contribution in [3.63, 3.8) is 0 Å². The van der Waals surface area contributed by atoms with Gasteiger partial charge >= 0.3 is 0 Å². The summed E-state index contributed by atoms with van der Waals surface area (Å²) in [6, 6.07) is 0. The third-order valence-electron chi connectivity index (χ3n) is 2.33. The first kappa shape index (κ1) is 13.3. The van der Waals surface area contributed by atoms with Crippen molar-refractivity contribution in [2.24, 2.45) is 5.92 Å². The van der Waals surface area contributed by atoms with Crippen molar-refractivity contribution < 1.29 is 5.11 Å². The van der Waals surface area contributed by atoms with Crippen LogP contribution in [-0.2, 0) is 0 Å². The molecule has 0 heterocycles. The normalized spacial score (nSPS) is 13.6. The van der Waals surface area contributed by atoms with Gasteiger partial charge < -0.3 is 10.0 Å². The standard InChI is InChI=1S/C10H23NOS/c1-3-5-10(9-13)8-11(4-2)6-7-12/h10,12-13H,3-9H2,1-2H3. The molecule has 0 amide bonds. The lowest BCUT2D eigenvalue weighted by Gasteiger charge is -2.24. The zero-order valence-electron chi connectivity index (χ0n) is 8.87. The first-order chi connectivity index (χ1) is 6.28. The Morgan fingerprint density at radius 1 is 1.38 bits per heavy atom. The van der Waals surface area contributed by atoms with Gasteiger partial charge in [-0.2, -0.15) is 12.6 Å². The van der Waals surface area contributed by atoms with Crippen LogP contribution in [0.5, 0.6) is 0 Å². The molecule has 0 saturated carbocycles. The molecule has 13 heavy (non-hydrogen) atoms. The number of rotatable bonds is 8.